The first kappa shape index (κ1) is 22.4. The maximum atomic E-state index is 12.8. The maximum Gasteiger partial charge on any atom is 0.339 e. The van der Waals surface area contributed by atoms with Crippen molar-refractivity contribution in [3.8, 4) is 10.6 Å². The molecule has 1 amide bonds. The van der Waals surface area contributed by atoms with Gasteiger partial charge in [0, 0.05) is 5.56 Å². The van der Waals surface area contributed by atoms with Gasteiger partial charge in [-0.25, -0.2) is 9.78 Å². The summed E-state index contributed by atoms with van der Waals surface area (Å²) >= 11 is 1.48. The number of ether oxygens (including phenoxy) is 1. The van der Waals surface area contributed by atoms with E-state index in [1.165, 1.54) is 18.3 Å². The lowest BCUT2D eigenvalue weighted by atomic mass is 10.0. The van der Waals surface area contributed by atoms with Crippen LogP contribution in [-0.4, -0.2) is 35.3 Å². The summed E-state index contributed by atoms with van der Waals surface area (Å²) in [5, 5.41) is 3.36. The highest BCUT2D eigenvalue weighted by molar-refractivity contribution is 7.21. The van der Waals surface area contributed by atoms with Crippen LogP contribution in [0.3, 0.4) is 0 Å². The summed E-state index contributed by atoms with van der Waals surface area (Å²) in [6.07, 6.45) is 0.371. The molecule has 1 heterocycles. The van der Waals surface area contributed by atoms with Crippen molar-refractivity contribution < 1.29 is 19.1 Å². The molecule has 7 heteroatoms. The van der Waals surface area contributed by atoms with E-state index in [0.29, 0.717) is 22.6 Å². The van der Waals surface area contributed by atoms with Crippen LogP contribution in [0.15, 0.2) is 78.9 Å². The van der Waals surface area contributed by atoms with Gasteiger partial charge in [0.05, 0.1) is 21.8 Å². The third kappa shape index (κ3) is 5.51. The van der Waals surface area contributed by atoms with Crippen molar-refractivity contribution in [2.75, 3.05) is 6.61 Å². The zero-order chi connectivity index (χ0) is 23.2. The number of hydrogen-bond acceptors (Lipinski definition) is 6. The van der Waals surface area contributed by atoms with Gasteiger partial charge in [0.25, 0.3) is 5.91 Å². The van der Waals surface area contributed by atoms with Crippen LogP contribution in [0.2, 0.25) is 0 Å². The molecular formula is C26H22N2O4S. The lowest BCUT2D eigenvalue weighted by molar-refractivity contribution is -0.128. The Kier molecular flexibility index (Phi) is 6.90. The Bertz CT molecular complexity index is 1270. The zero-order valence-corrected chi connectivity index (χ0v) is 18.8. The molecule has 3 aromatic carbocycles. The van der Waals surface area contributed by atoms with Gasteiger partial charge in [-0.1, -0.05) is 60.7 Å². The van der Waals surface area contributed by atoms with Crippen LogP contribution in [0.5, 0.6) is 0 Å². The molecule has 33 heavy (non-hydrogen) atoms. The van der Waals surface area contributed by atoms with Gasteiger partial charge >= 0.3 is 5.97 Å². The largest absolute Gasteiger partial charge is 0.452 e. The molecule has 1 aromatic heterocycles. The molecule has 166 valence electrons. The number of nitrogens with zero attached hydrogens (tertiary/aromatic N) is 1. The molecule has 0 bridgehead atoms. The molecule has 0 aliphatic heterocycles. The highest BCUT2D eigenvalue weighted by atomic mass is 32.1. The van der Waals surface area contributed by atoms with Crippen molar-refractivity contribution in [2.45, 2.75) is 19.4 Å². The summed E-state index contributed by atoms with van der Waals surface area (Å²) in [5.74, 6) is -1.32. The number of fused-ring (bicyclic) bond motifs is 1. The van der Waals surface area contributed by atoms with E-state index in [2.05, 4.69) is 10.3 Å². The van der Waals surface area contributed by atoms with Crippen molar-refractivity contribution >= 4 is 39.2 Å². The molecule has 6 nitrogen and oxygen atoms in total. The first-order chi connectivity index (χ1) is 16.0. The van der Waals surface area contributed by atoms with Gasteiger partial charge in [-0.3, -0.25) is 9.59 Å². The summed E-state index contributed by atoms with van der Waals surface area (Å²) < 4.78 is 6.29. The second kappa shape index (κ2) is 10.2. The first-order valence-corrected chi connectivity index (χ1v) is 11.3. The summed E-state index contributed by atoms with van der Waals surface area (Å²) in [4.78, 5) is 41.8. The van der Waals surface area contributed by atoms with E-state index in [4.69, 9.17) is 4.74 Å². The quantitative estimate of drug-likeness (QED) is 0.395. The number of hydrogen-bond donors (Lipinski definition) is 1. The van der Waals surface area contributed by atoms with Gasteiger partial charge in [-0.05, 0) is 37.1 Å². The predicted molar refractivity (Wildman–Crippen MR) is 128 cm³/mol. The van der Waals surface area contributed by atoms with E-state index in [1.54, 1.807) is 18.2 Å². The lowest BCUT2D eigenvalue weighted by Gasteiger charge is -2.16. The number of para-hydroxylation sites is 1. The average Bonchev–Trinajstić information content (AvgIpc) is 3.27. The van der Waals surface area contributed by atoms with E-state index >= 15 is 0 Å². The van der Waals surface area contributed by atoms with Crippen LogP contribution < -0.4 is 5.32 Å². The highest BCUT2D eigenvalue weighted by Crippen LogP contribution is 2.32. The van der Waals surface area contributed by atoms with Crippen LogP contribution in [0.4, 0.5) is 0 Å². The minimum atomic E-state index is -0.686. The minimum absolute atomic E-state index is 0.167. The second-order valence-electron chi connectivity index (χ2n) is 7.53. The van der Waals surface area contributed by atoms with Crippen molar-refractivity contribution in [1.29, 1.82) is 0 Å². The number of amides is 1. The molecule has 4 aromatic rings. The number of carbonyl (C=O) groups excluding carboxylic acids is 3. The number of esters is 1. The van der Waals surface area contributed by atoms with Gasteiger partial charge < -0.3 is 10.1 Å². The van der Waals surface area contributed by atoms with E-state index < -0.39 is 24.5 Å². The number of Topliss-reactive ketones (excluding diaryl/α,β-unsaturated/α-hetero) is 1. The molecule has 0 radical (unpaired) electrons. The summed E-state index contributed by atoms with van der Waals surface area (Å²) in [7, 11) is 0. The van der Waals surface area contributed by atoms with Crippen molar-refractivity contribution in [1.82, 2.24) is 10.3 Å². The Labute approximate surface area is 195 Å². The fraction of sp³-hybridized carbons (Fsp3) is 0.154. The van der Waals surface area contributed by atoms with Crippen LogP contribution in [0.25, 0.3) is 20.8 Å². The Morgan fingerprint density at radius 1 is 0.939 bits per heavy atom. The van der Waals surface area contributed by atoms with Gasteiger partial charge in [0.2, 0.25) is 0 Å². The van der Waals surface area contributed by atoms with Gasteiger partial charge in [-0.2, -0.15) is 0 Å². The number of aromatic nitrogens is 1. The van der Waals surface area contributed by atoms with Crippen LogP contribution >= 0.6 is 11.3 Å². The average molecular weight is 459 g/mol. The molecule has 0 aliphatic rings. The van der Waals surface area contributed by atoms with E-state index in [-0.39, 0.29) is 5.78 Å². The van der Waals surface area contributed by atoms with Crippen molar-refractivity contribution in [3.63, 3.8) is 0 Å². The number of thiazole rings is 1. The van der Waals surface area contributed by atoms with Crippen LogP contribution in [0.1, 0.15) is 22.8 Å². The topological polar surface area (TPSA) is 85.4 Å². The second-order valence-corrected chi connectivity index (χ2v) is 8.56. The fourth-order valence-electron chi connectivity index (χ4n) is 3.43. The van der Waals surface area contributed by atoms with Crippen molar-refractivity contribution in [3.05, 3.63) is 90.0 Å². The number of ketones is 1. The molecule has 4 rings (SSSR count). The van der Waals surface area contributed by atoms with E-state index in [1.807, 2.05) is 60.7 Å². The fourth-order valence-corrected chi connectivity index (χ4v) is 4.43. The normalized spacial score (nSPS) is 11.7. The molecule has 1 atom stereocenters. The number of rotatable bonds is 8. The summed E-state index contributed by atoms with van der Waals surface area (Å²) in [5.41, 5.74) is 2.76. The van der Waals surface area contributed by atoms with Gasteiger partial charge in [0.1, 0.15) is 5.01 Å². The SMILES string of the molecule is CC(=O)C(Cc1ccccc1)NC(=O)COC(=O)c1ccccc1-c1nc2ccccc2s1. The molecule has 0 aliphatic carbocycles. The van der Waals surface area contributed by atoms with Crippen LogP contribution in [0, 0.1) is 0 Å². The number of nitrogens with one attached hydrogen (secondary N) is 1. The molecular weight excluding hydrogens is 436 g/mol. The molecule has 0 saturated heterocycles. The first-order valence-electron chi connectivity index (χ1n) is 10.5. The highest BCUT2D eigenvalue weighted by Gasteiger charge is 2.21. The molecule has 0 saturated carbocycles. The Morgan fingerprint density at radius 2 is 1.64 bits per heavy atom. The summed E-state index contributed by atoms with van der Waals surface area (Å²) in [6.45, 7) is 0.944. The van der Waals surface area contributed by atoms with Gasteiger partial charge in [0.15, 0.2) is 12.4 Å². The Hall–Kier alpha value is -3.84. The van der Waals surface area contributed by atoms with Gasteiger partial charge in [-0.15, -0.1) is 11.3 Å². The smallest absolute Gasteiger partial charge is 0.339 e. The Morgan fingerprint density at radius 3 is 2.39 bits per heavy atom. The number of benzene rings is 3. The third-order valence-corrected chi connectivity index (χ3v) is 6.18. The summed E-state index contributed by atoms with van der Waals surface area (Å²) in [6, 6.07) is 23.5. The molecule has 0 fully saturated rings. The van der Waals surface area contributed by atoms with Crippen molar-refractivity contribution in [2.24, 2.45) is 0 Å². The van der Waals surface area contributed by atoms with E-state index in [9.17, 15) is 14.4 Å². The molecule has 0 spiro atoms. The lowest BCUT2D eigenvalue weighted by Crippen LogP contribution is -2.43. The molecule has 1 unspecified atom stereocenters. The van der Waals surface area contributed by atoms with E-state index in [0.717, 1.165) is 15.8 Å². The predicted octanol–water partition coefficient (Wildman–Crippen LogP) is 4.44. The standard InChI is InChI=1S/C26H22N2O4S/c1-17(29)22(15-18-9-3-2-4-10-18)27-24(30)16-32-26(31)20-12-6-5-11-19(20)25-28-21-13-7-8-14-23(21)33-25/h2-14,22H,15-16H2,1H3,(H,27,30). The monoisotopic (exact) mass is 458 g/mol. The maximum absolute atomic E-state index is 12.8. The third-order valence-electron chi connectivity index (χ3n) is 5.11. The minimum Gasteiger partial charge on any atom is -0.452 e. The number of carbonyl (C=O) groups is 3. The Balaban J connectivity index is 1.42. The molecule has 1 N–H and O–H groups in total. The zero-order valence-electron chi connectivity index (χ0n) is 18.0. The van der Waals surface area contributed by atoms with Crippen LogP contribution in [-0.2, 0) is 20.7 Å².